The third kappa shape index (κ3) is 7.31. The first-order valence-electron chi connectivity index (χ1n) is 11.4. The fourth-order valence-corrected chi connectivity index (χ4v) is 3.38. The van der Waals surface area contributed by atoms with Crippen LogP contribution in [0.1, 0.15) is 11.4 Å². The van der Waals surface area contributed by atoms with Crippen LogP contribution in [0.4, 0.5) is 4.79 Å². The minimum atomic E-state index is -1.15. The lowest BCUT2D eigenvalue weighted by molar-refractivity contribution is -0.138. The summed E-state index contributed by atoms with van der Waals surface area (Å²) in [6, 6.07) is 22.9. The smallest absolute Gasteiger partial charge is 0.416 e. The first-order valence-corrected chi connectivity index (χ1v) is 11.4. The Morgan fingerprint density at radius 3 is 2.27 bits per heavy atom. The van der Waals surface area contributed by atoms with Crippen molar-refractivity contribution in [2.45, 2.75) is 13.0 Å². The highest BCUT2D eigenvalue weighted by Crippen LogP contribution is 2.20. The van der Waals surface area contributed by atoms with Crippen LogP contribution in [0.3, 0.4) is 0 Å². The monoisotopic (exact) mass is 503 g/mol. The molecule has 1 amide bonds. The van der Waals surface area contributed by atoms with Crippen LogP contribution < -0.4 is 14.2 Å². The second-order valence-electron chi connectivity index (χ2n) is 7.92. The first kappa shape index (κ1) is 25.2. The summed E-state index contributed by atoms with van der Waals surface area (Å²) in [5.74, 6) is 1.34. The molecule has 10 heteroatoms. The van der Waals surface area contributed by atoms with Crippen molar-refractivity contribution in [2.75, 3.05) is 20.3 Å². The van der Waals surface area contributed by atoms with E-state index in [4.69, 9.17) is 18.7 Å². The number of rotatable bonds is 11. The van der Waals surface area contributed by atoms with Gasteiger partial charge in [0.25, 0.3) is 5.89 Å². The lowest BCUT2D eigenvalue weighted by Gasteiger charge is -2.20. The number of aromatic nitrogens is 2. The van der Waals surface area contributed by atoms with Gasteiger partial charge in [-0.25, -0.2) is 4.79 Å². The van der Waals surface area contributed by atoms with E-state index >= 15 is 0 Å². The maximum atomic E-state index is 12.6. The lowest BCUT2D eigenvalue weighted by Crippen LogP contribution is -2.37. The van der Waals surface area contributed by atoms with E-state index in [9.17, 15) is 14.7 Å². The molecule has 37 heavy (non-hydrogen) atoms. The predicted octanol–water partition coefficient (Wildman–Crippen LogP) is 4.45. The summed E-state index contributed by atoms with van der Waals surface area (Å²) in [6.07, 6.45) is -0.315. The number of nitrogens with zero attached hydrogens (tertiary/aromatic N) is 3. The maximum Gasteiger partial charge on any atom is 0.416 e. The molecule has 1 N–H and O–H groups in total. The molecule has 0 saturated heterocycles. The van der Waals surface area contributed by atoms with Gasteiger partial charge in [-0.2, -0.15) is 4.98 Å². The highest BCUT2D eigenvalue weighted by Gasteiger charge is 2.20. The van der Waals surface area contributed by atoms with Crippen LogP contribution in [0.5, 0.6) is 17.2 Å². The van der Waals surface area contributed by atoms with Crippen LogP contribution in [0, 0.1) is 0 Å². The van der Waals surface area contributed by atoms with E-state index in [0.29, 0.717) is 41.8 Å². The number of hydrogen-bond donors (Lipinski definition) is 1. The normalized spacial score (nSPS) is 10.5. The summed E-state index contributed by atoms with van der Waals surface area (Å²) >= 11 is 0. The van der Waals surface area contributed by atoms with E-state index in [1.807, 2.05) is 30.3 Å². The predicted molar refractivity (Wildman–Crippen MR) is 132 cm³/mol. The molecule has 3 aromatic carbocycles. The van der Waals surface area contributed by atoms with Gasteiger partial charge in [0.05, 0.1) is 13.7 Å². The average Bonchev–Trinajstić information content (AvgIpc) is 3.39. The zero-order valence-electron chi connectivity index (χ0n) is 20.1. The molecular weight excluding hydrogens is 478 g/mol. The van der Waals surface area contributed by atoms with Gasteiger partial charge >= 0.3 is 12.1 Å². The van der Waals surface area contributed by atoms with Gasteiger partial charge in [0.2, 0.25) is 0 Å². The summed E-state index contributed by atoms with van der Waals surface area (Å²) < 4.78 is 21.5. The molecule has 1 aromatic heterocycles. The van der Waals surface area contributed by atoms with Gasteiger partial charge in [-0.3, -0.25) is 9.69 Å². The molecule has 0 aliphatic rings. The number of carbonyl (C=O) groups is 2. The molecule has 0 aliphatic carbocycles. The number of ether oxygens (including phenoxy) is 3. The van der Waals surface area contributed by atoms with Crippen molar-refractivity contribution in [1.29, 1.82) is 0 Å². The quantitative estimate of drug-likeness (QED) is 0.316. The van der Waals surface area contributed by atoms with Crippen LogP contribution in [0.2, 0.25) is 0 Å². The number of carboxylic acid groups (broad SMARTS) is 1. The highest BCUT2D eigenvalue weighted by atomic mass is 16.6. The molecule has 0 aliphatic heterocycles. The summed E-state index contributed by atoms with van der Waals surface area (Å²) in [6.45, 7) is -0.123. The van der Waals surface area contributed by atoms with Crippen LogP contribution in [-0.2, 0) is 17.8 Å². The van der Waals surface area contributed by atoms with Gasteiger partial charge in [0, 0.05) is 18.5 Å². The van der Waals surface area contributed by atoms with Crippen LogP contribution in [-0.4, -0.2) is 52.5 Å². The molecule has 4 aromatic rings. The highest BCUT2D eigenvalue weighted by molar-refractivity contribution is 5.78. The lowest BCUT2D eigenvalue weighted by atomic mass is 10.2. The van der Waals surface area contributed by atoms with E-state index in [1.54, 1.807) is 48.5 Å². The number of hydrogen-bond acceptors (Lipinski definition) is 8. The Bertz CT molecular complexity index is 1310. The molecule has 4 rings (SSSR count). The Morgan fingerprint density at radius 2 is 1.59 bits per heavy atom. The molecular formula is C27H25N3O7. The Hall–Kier alpha value is -4.86. The maximum absolute atomic E-state index is 12.6. The van der Waals surface area contributed by atoms with E-state index in [2.05, 4.69) is 10.1 Å². The van der Waals surface area contributed by atoms with Crippen molar-refractivity contribution >= 4 is 12.1 Å². The molecule has 190 valence electrons. The number of benzene rings is 3. The summed E-state index contributed by atoms with van der Waals surface area (Å²) in [4.78, 5) is 29.4. The molecule has 1 heterocycles. The zero-order valence-corrected chi connectivity index (χ0v) is 20.1. The Morgan fingerprint density at radius 1 is 0.919 bits per heavy atom. The fraction of sp³-hybridized carbons (Fsp3) is 0.185. The van der Waals surface area contributed by atoms with Gasteiger partial charge < -0.3 is 23.8 Å². The van der Waals surface area contributed by atoms with Gasteiger partial charge in [-0.05, 0) is 54.1 Å². The number of carboxylic acids is 1. The van der Waals surface area contributed by atoms with Crippen molar-refractivity contribution in [3.8, 4) is 28.7 Å². The van der Waals surface area contributed by atoms with Gasteiger partial charge in [0.15, 0.2) is 5.82 Å². The van der Waals surface area contributed by atoms with Crippen molar-refractivity contribution in [2.24, 2.45) is 0 Å². The third-order valence-corrected chi connectivity index (χ3v) is 5.23. The van der Waals surface area contributed by atoms with Gasteiger partial charge in [-0.15, -0.1) is 0 Å². The van der Waals surface area contributed by atoms with Crippen molar-refractivity contribution in [1.82, 2.24) is 15.0 Å². The topological polar surface area (TPSA) is 124 Å². The van der Waals surface area contributed by atoms with Crippen molar-refractivity contribution in [3.63, 3.8) is 0 Å². The number of aliphatic carboxylic acids is 1. The molecule has 0 atom stereocenters. The number of amides is 1. The Kier molecular flexibility index (Phi) is 8.33. The minimum absolute atomic E-state index is 0.0483. The molecule has 10 nitrogen and oxygen atoms in total. The average molecular weight is 504 g/mol. The zero-order chi connectivity index (χ0) is 26.0. The molecule has 0 bridgehead atoms. The molecule has 0 saturated carbocycles. The first-order chi connectivity index (χ1) is 18.0. The van der Waals surface area contributed by atoms with Crippen molar-refractivity contribution < 1.29 is 33.4 Å². The summed E-state index contributed by atoms with van der Waals surface area (Å²) in [5.41, 5.74) is 1.56. The van der Waals surface area contributed by atoms with Crippen LogP contribution in [0.15, 0.2) is 83.4 Å². The van der Waals surface area contributed by atoms with E-state index in [-0.39, 0.29) is 12.3 Å². The third-order valence-electron chi connectivity index (χ3n) is 5.23. The van der Waals surface area contributed by atoms with E-state index in [0.717, 1.165) is 10.5 Å². The molecule has 0 fully saturated rings. The second kappa shape index (κ2) is 12.2. The van der Waals surface area contributed by atoms with Gasteiger partial charge in [-0.1, -0.05) is 35.5 Å². The number of methoxy groups -OCH3 is 1. The summed E-state index contributed by atoms with van der Waals surface area (Å²) in [7, 11) is 1.53. The van der Waals surface area contributed by atoms with Gasteiger partial charge in [0.1, 0.15) is 23.8 Å². The number of carbonyl (C=O) groups excluding carboxylic acids is 1. The Labute approximate surface area is 213 Å². The second-order valence-corrected chi connectivity index (χ2v) is 7.92. The van der Waals surface area contributed by atoms with E-state index in [1.165, 1.54) is 7.11 Å². The van der Waals surface area contributed by atoms with Crippen LogP contribution in [0.25, 0.3) is 11.5 Å². The van der Waals surface area contributed by atoms with Crippen LogP contribution >= 0.6 is 0 Å². The molecule has 0 spiro atoms. The minimum Gasteiger partial charge on any atom is -0.497 e. The van der Waals surface area contributed by atoms with E-state index < -0.39 is 18.6 Å². The molecule has 0 unspecified atom stereocenters. The van der Waals surface area contributed by atoms with Crippen molar-refractivity contribution in [3.05, 3.63) is 90.3 Å². The molecule has 0 radical (unpaired) electrons. The summed E-state index contributed by atoms with van der Waals surface area (Å²) in [5, 5.41) is 13.2. The largest absolute Gasteiger partial charge is 0.497 e. The fourth-order valence-electron chi connectivity index (χ4n) is 3.38. The standard InChI is InChI=1S/C27H25N3O7/c1-34-21-11-13-23(14-12-21)36-27(33)30(18-25(31)32)17-19-7-9-22(10-8-19)35-16-15-24-28-26(37-29-24)20-5-3-2-4-6-20/h2-14H,15-18H2,1H3,(H,31,32). The SMILES string of the molecule is COc1ccc(OC(=O)N(CC(=O)O)Cc2ccc(OCCc3noc(-c4ccccc4)n3)cc2)cc1. The Balaban J connectivity index is 1.30.